The molecule has 2 fully saturated rings. The number of aromatic amines is 2. The Morgan fingerprint density at radius 2 is 2.19 bits per heavy atom. The van der Waals surface area contributed by atoms with Crippen molar-refractivity contribution in [3.8, 4) is 11.5 Å². The minimum Gasteiger partial charge on any atom is -0.281 e. The van der Waals surface area contributed by atoms with E-state index in [9.17, 15) is 0 Å². The number of nitrogens with zero attached hydrogens (tertiary/aromatic N) is 4. The Hall–Kier alpha value is -1.72. The molecule has 80 valence electrons. The maximum atomic E-state index is 4.34. The van der Waals surface area contributed by atoms with Crippen molar-refractivity contribution in [2.24, 2.45) is 11.3 Å². The quantitative estimate of drug-likeness (QED) is 0.729. The molecule has 0 aromatic carbocycles. The highest BCUT2D eigenvalue weighted by Crippen LogP contribution is 2.82. The van der Waals surface area contributed by atoms with Gasteiger partial charge in [-0.05, 0) is 35.8 Å². The molecule has 5 rings (SSSR count). The summed E-state index contributed by atoms with van der Waals surface area (Å²) in [6, 6.07) is 0. The molecular weight excluding hydrogens is 204 g/mol. The molecule has 2 N–H and O–H groups in total. The van der Waals surface area contributed by atoms with E-state index in [1.54, 1.807) is 0 Å². The third-order valence-corrected chi connectivity index (χ3v) is 4.67. The third-order valence-electron chi connectivity index (χ3n) is 4.67. The highest BCUT2D eigenvalue weighted by molar-refractivity contribution is 5.61. The Morgan fingerprint density at radius 1 is 1.25 bits per heavy atom. The molecule has 2 aromatic heterocycles. The van der Waals surface area contributed by atoms with Gasteiger partial charge in [-0.3, -0.25) is 5.10 Å². The Bertz CT molecular complexity index is 578. The second kappa shape index (κ2) is 2.05. The molecule has 1 spiro atoms. The van der Waals surface area contributed by atoms with Crippen LogP contribution in [0.5, 0.6) is 0 Å². The summed E-state index contributed by atoms with van der Waals surface area (Å²) >= 11 is 0. The van der Waals surface area contributed by atoms with Gasteiger partial charge in [0, 0.05) is 17.2 Å². The van der Waals surface area contributed by atoms with E-state index in [1.165, 1.54) is 24.1 Å². The van der Waals surface area contributed by atoms with Gasteiger partial charge in [0.2, 0.25) is 5.82 Å². The van der Waals surface area contributed by atoms with Gasteiger partial charge in [0.05, 0.1) is 0 Å². The van der Waals surface area contributed by atoms with Crippen LogP contribution in [0, 0.1) is 11.3 Å². The molecule has 0 saturated heterocycles. The highest BCUT2D eigenvalue weighted by atomic mass is 15.5. The Labute approximate surface area is 90.8 Å². The number of rotatable bonds is 1. The van der Waals surface area contributed by atoms with Gasteiger partial charge in [-0.2, -0.15) is 10.3 Å². The first-order valence-corrected chi connectivity index (χ1v) is 5.71. The number of H-pyrrole nitrogens is 2. The van der Waals surface area contributed by atoms with E-state index in [0.717, 1.165) is 24.0 Å². The van der Waals surface area contributed by atoms with Gasteiger partial charge in [0.15, 0.2) is 0 Å². The lowest BCUT2D eigenvalue weighted by Gasteiger charge is -1.99. The molecule has 2 aromatic rings. The maximum absolute atomic E-state index is 4.34. The van der Waals surface area contributed by atoms with E-state index in [4.69, 9.17) is 0 Å². The Kier molecular flexibility index (Phi) is 0.964. The van der Waals surface area contributed by atoms with Crippen LogP contribution in [0.3, 0.4) is 0 Å². The first-order chi connectivity index (χ1) is 7.90. The lowest BCUT2D eigenvalue weighted by molar-refractivity contribution is 0.698. The number of fused-ring (bicyclic) bond motifs is 5. The van der Waals surface area contributed by atoms with Crippen LogP contribution in [0.1, 0.15) is 30.0 Å². The lowest BCUT2D eigenvalue weighted by Crippen LogP contribution is -1.93. The number of aromatic nitrogens is 6. The zero-order chi connectivity index (χ0) is 10.3. The van der Waals surface area contributed by atoms with Gasteiger partial charge in [-0.25, -0.2) is 0 Å². The van der Waals surface area contributed by atoms with Crippen LogP contribution >= 0.6 is 0 Å². The van der Waals surface area contributed by atoms with Crippen molar-refractivity contribution in [2.45, 2.75) is 25.2 Å². The Balaban J connectivity index is 1.66. The van der Waals surface area contributed by atoms with E-state index in [-0.39, 0.29) is 0 Å². The van der Waals surface area contributed by atoms with Crippen LogP contribution in [0.15, 0.2) is 0 Å². The average molecular weight is 214 g/mol. The van der Waals surface area contributed by atoms with Crippen molar-refractivity contribution in [1.82, 2.24) is 30.8 Å². The fourth-order valence-corrected chi connectivity index (χ4v) is 3.72. The van der Waals surface area contributed by atoms with Crippen molar-refractivity contribution in [2.75, 3.05) is 0 Å². The van der Waals surface area contributed by atoms with Crippen molar-refractivity contribution in [3.05, 3.63) is 11.3 Å². The number of nitrogens with one attached hydrogen (secondary N) is 2. The van der Waals surface area contributed by atoms with Crippen LogP contribution in [0.25, 0.3) is 11.5 Å². The minimum absolute atomic E-state index is 0.614. The van der Waals surface area contributed by atoms with Gasteiger partial charge in [0.1, 0.15) is 5.69 Å². The van der Waals surface area contributed by atoms with Crippen molar-refractivity contribution in [3.63, 3.8) is 0 Å². The van der Waals surface area contributed by atoms with Gasteiger partial charge < -0.3 is 0 Å². The summed E-state index contributed by atoms with van der Waals surface area (Å²) in [5, 5.41) is 21.6. The summed E-state index contributed by atoms with van der Waals surface area (Å²) in [6.45, 7) is 0. The predicted molar refractivity (Wildman–Crippen MR) is 53.4 cm³/mol. The first kappa shape index (κ1) is 7.54. The van der Waals surface area contributed by atoms with E-state index in [2.05, 4.69) is 30.8 Å². The molecule has 3 aliphatic rings. The molecule has 0 aliphatic heterocycles. The van der Waals surface area contributed by atoms with E-state index in [1.807, 2.05) is 0 Å². The molecule has 3 aliphatic carbocycles. The van der Waals surface area contributed by atoms with Crippen LogP contribution in [0.4, 0.5) is 0 Å². The fourth-order valence-electron chi connectivity index (χ4n) is 3.72. The second-order valence-corrected chi connectivity index (χ2v) is 5.22. The minimum atomic E-state index is 0.614. The molecule has 6 nitrogen and oxygen atoms in total. The summed E-state index contributed by atoms with van der Waals surface area (Å²) in [5.74, 6) is 2.25. The summed E-state index contributed by atoms with van der Waals surface area (Å²) in [4.78, 5) is 0. The van der Waals surface area contributed by atoms with Gasteiger partial charge in [-0.15, -0.1) is 10.2 Å². The molecule has 16 heavy (non-hydrogen) atoms. The molecule has 0 bridgehead atoms. The number of hydrogen-bond acceptors (Lipinski definition) is 4. The SMILES string of the molecule is C1c2c(-c3nn[nH]n3)n[nH]c2[C@H]2[C@@H]1C21CC1. The van der Waals surface area contributed by atoms with Crippen LogP contribution in [-0.2, 0) is 6.42 Å². The van der Waals surface area contributed by atoms with Crippen molar-refractivity contribution in [1.29, 1.82) is 0 Å². The maximum Gasteiger partial charge on any atom is 0.225 e. The molecule has 0 amide bonds. The summed E-state index contributed by atoms with van der Waals surface area (Å²) in [5.41, 5.74) is 4.26. The second-order valence-electron chi connectivity index (χ2n) is 5.22. The summed E-state index contributed by atoms with van der Waals surface area (Å²) in [6.07, 6.45) is 3.98. The first-order valence-electron chi connectivity index (χ1n) is 5.71. The van der Waals surface area contributed by atoms with Crippen molar-refractivity contribution >= 4 is 0 Å². The molecular formula is C10H10N6. The topological polar surface area (TPSA) is 83.1 Å². The highest BCUT2D eigenvalue weighted by Gasteiger charge is 2.75. The molecule has 2 atom stereocenters. The normalized spacial score (nSPS) is 31.5. The summed E-state index contributed by atoms with van der Waals surface area (Å²) < 4.78 is 0. The molecule has 2 saturated carbocycles. The van der Waals surface area contributed by atoms with Crippen LogP contribution in [0.2, 0.25) is 0 Å². The van der Waals surface area contributed by atoms with Gasteiger partial charge in [0.25, 0.3) is 0 Å². The molecule has 6 heteroatoms. The lowest BCUT2D eigenvalue weighted by atomic mass is 10.1. The zero-order valence-electron chi connectivity index (χ0n) is 8.56. The van der Waals surface area contributed by atoms with E-state index in [0.29, 0.717) is 11.2 Å². The van der Waals surface area contributed by atoms with Crippen molar-refractivity contribution < 1.29 is 0 Å². The van der Waals surface area contributed by atoms with Crippen LogP contribution in [-0.4, -0.2) is 30.8 Å². The summed E-state index contributed by atoms with van der Waals surface area (Å²) in [7, 11) is 0. The fraction of sp³-hybridized carbons (Fsp3) is 0.600. The zero-order valence-corrected chi connectivity index (χ0v) is 8.56. The number of tetrazole rings is 1. The monoisotopic (exact) mass is 214 g/mol. The molecule has 0 radical (unpaired) electrons. The van der Waals surface area contributed by atoms with Gasteiger partial charge in [-0.1, -0.05) is 0 Å². The standard InChI is InChI=1S/C10H10N6/c1-2-10(1)5-3-4-7(6(5)10)11-12-8(4)9-13-15-16-14-9/h5-6H,1-3H2,(H,11,12)(H,13,14,15,16)/t5-,6-/m1/s1. The van der Waals surface area contributed by atoms with Gasteiger partial charge >= 0.3 is 0 Å². The van der Waals surface area contributed by atoms with E-state index >= 15 is 0 Å². The Morgan fingerprint density at radius 3 is 2.94 bits per heavy atom. The molecule has 0 unspecified atom stereocenters. The number of hydrogen-bond donors (Lipinski definition) is 2. The third kappa shape index (κ3) is 0.643. The van der Waals surface area contributed by atoms with E-state index < -0.39 is 0 Å². The molecule has 2 heterocycles. The van der Waals surface area contributed by atoms with Crippen LogP contribution < -0.4 is 0 Å². The predicted octanol–water partition coefficient (Wildman–Crippen LogP) is 0.639. The average Bonchev–Trinajstić information content (AvgIpc) is 2.93. The largest absolute Gasteiger partial charge is 0.281 e. The smallest absolute Gasteiger partial charge is 0.225 e.